The maximum Gasteiger partial charge on any atom is 0.120 e. The molecule has 4 aromatic rings. The Morgan fingerprint density at radius 1 is 0.710 bits per heavy atom. The number of hydrazone groups is 1. The number of anilines is 1. The average molecular weight is 407 g/mol. The van der Waals surface area contributed by atoms with E-state index in [-0.39, 0.29) is 6.17 Å². The fourth-order valence-electron chi connectivity index (χ4n) is 3.38. The van der Waals surface area contributed by atoms with E-state index in [2.05, 4.69) is 48.5 Å². The minimum Gasteiger partial charge on any atom is -0.399 e. The van der Waals surface area contributed by atoms with Crippen LogP contribution < -0.4 is 11.5 Å². The standard InChI is InChI=1S/C27H26N4/c28-26-17-11-21(12-18-26)19-30-31(20-22-7-3-1-4-8-22)27(29)25-15-13-24(14-16-25)23-9-5-2-6-10-23/h1-19,27H,20,28-29H2/b30-19+. The molecule has 0 amide bonds. The van der Waals surface area contributed by atoms with E-state index in [1.54, 1.807) is 0 Å². The molecule has 0 aliphatic heterocycles. The van der Waals surface area contributed by atoms with Gasteiger partial charge in [-0.25, -0.2) is 0 Å². The second kappa shape index (κ2) is 9.74. The molecule has 0 spiro atoms. The third-order valence-corrected chi connectivity index (χ3v) is 5.16. The first-order valence-corrected chi connectivity index (χ1v) is 10.3. The molecule has 1 atom stereocenters. The quantitative estimate of drug-likeness (QED) is 0.186. The van der Waals surface area contributed by atoms with Crippen molar-refractivity contribution in [3.63, 3.8) is 0 Å². The molecule has 0 aliphatic rings. The van der Waals surface area contributed by atoms with Gasteiger partial charge in [0.2, 0.25) is 0 Å². The van der Waals surface area contributed by atoms with Crippen LogP contribution in [0, 0.1) is 0 Å². The normalized spacial score (nSPS) is 12.0. The van der Waals surface area contributed by atoms with Crippen molar-refractivity contribution in [3.05, 3.63) is 126 Å². The highest BCUT2D eigenvalue weighted by Gasteiger charge is 2.15. The molecule has 154 valence electrons. The van der Waals surface area contributed by atoms with Crippen LogP contribution in [0.2, 0.25) is 0 Å². The zero-order chi connectivity index (χ0) is 21.5. The van der Waals surface area contributed by atoms with Crippen molar-refractivity contribution in [2.75, 3.05) is 5.73 Å². The van der Waals surface area contributed by atoms with Gasteiger partial charge in [0.05, 0.1) is 12.8 Å². The molecule has 0 saturated carbocycles. The molecule has 0 aliphatic carbocycles. The first kappa shape index (κ1) is 20.4. The molecule has 0 bridgehead atoms. The molecule has 0 radical (unpaired) electrons. The Morgan fingerprint density at radius 3 is 1.94 bits per heavy atom. The number of benzene rings is 4. The first-order chi connectivity index (χ1) is 15.2. The highest BCUT2D eigenvalue weighted by Crippen LogP contribution is 2.24. The Morgan fingerprint density at radius 2 is 1.29 bits per heavy atom. The van der Waals surface area contributed by atoms with Gasteiger partial charge in [0.1, 0.15) is 6.17 Å². The van der Waals surface area contributed by atoms with Crippen molar-refractivity contribution in [2.45, 2.75) is 12.7 Å². The second-order valence-corrected chi connectivity index (χ2v) is 7.43. The van der Waals surface area contributed by atoms with E-state index in [9.17, 15) is 0 Å². The Bertz CT molecular complexity index is 1110. The molecule has 0 saturated heterocycles. The topological polar surface area (TPSA) is 67.6 Å². The molecule has 0 fully saturated rings. The minimum atomic E-state index is -0.380. The molecular formula is C27H26N4. The van der Waals surface area contributed by atoms with Gasteiger partial charge in [-0.3, -0.25) is 5.01 Å². The summed E-state index contributed by atoms with van der Waals surface area (Å²) in [5.41, 5.74) is 18.6. The average Bonchev–Trinajstić information content (AvgIpc) is 2.83. The molecule has 0 aromatic heterocycles. The van der Waals surface area contributed by atoms with Crippen LogP contribution in [-0.4, -0.2) is 11.2 Å². The van der Waals surface area contributed by atoms with E-state index in [4.69, 9.17) is 16.6 Å². The van der Waals surface area contributed by atoms with E-state index in [0.29, 0.717) is 6.54 Å². The number of nitrogen functional groups attached to an aromatic ring is 1. The third-order valence-electron chi connectivity index (χ3n) is 5.16. The lowest BCUT2D eigenvalue weighted by Crippen LogP contribution is -2.30. The van der Waals surface area contributed by atoms with Crippen molar-refractivity contribution < 1.29 is 0 Å². The Kier molecular flexibility index (Phi) is 6.41. The lowest BCUT2D eigenvalue weighted by Gasteiger charge is -2.27. The fourth-order valence-corrected chi connectivity index (χ4v) is 3.38. The van der Waals surface area contributed by atoms with Gasteiger partial charge in [0.15, 0.2) is 0 Å². The van der Waals surface area contributed by atoms with Gasteiger partial charge < -0.3 is 11.5 Å². The lowest BCUT2D eigenvalue weighted by atomic mass is 10.0. The van der Waals surface area contributed by atoms with Crippen LogP contribution >= 0.6 is 0 Å². The highest BCUT2D eigenvalue weighted by atomic mass is 15.5. The number of nitrogens with two attached hydrogens (primary N) is 2. The second-order valence-electron chi connectivity index (χ2n) is 7.43. The summed E-state index contributed by atoms with van der Waals surface area (Å²) < 4.78 is 0. The summed E-state index contributed by atoms with van der Waals surface area (Å²) in [4.78, 5) is 0. The van der Waals surface area contributed by atoms with Gasteiger partial charge in [-0.2, -0.15) is 5.10 Å². The van der Waals surface area contributed by atoms with E-state index in [1.807, 2.05) is 71.9 Å². The zero-order valence-electron chi connectivity index (χ0n) is 17.3. The van der Waals surface area contributed by atoms with Crippen molar-refractivity contribution >= 4 is 11.9 Å². The predicted molar refractivity (Wildman–Crippen MR) is 129 cm³/mol. The Labute approximate surface area is 183 Å². The van der Waals surface area contributed by atoms with Crippen molar-refractivity contribution in [1.29, 1.82) is 0 Å². The van der Waals surface area contributed by atoms with Gasteiger partial charge in [-0.15, -0.1) is 0 Å². The van der Waals surface area contributed by atoms with Crippen LogP contribution in [0.25, 0.3) is 11.1 Å². The smallest absolute Gasteiger partial charge is 0.120 e. The fraction of sp³-hybridized carbons (Fsp3) is 0.0741. The molecule has 4 aromatic carbocycles. The summed E-state index contributed by atoms with van der Waals surface area (Å²) in [6.45, 7) is 0.605. The van der Waals surface area contributed by atoms with Crippen molar-refractivity contribution in [3.8, 4) is 11.1 Å². The summed E-state index contributed by atoms with van der Waals surface area (Å²) in [7, 11) is 0. The van der Waals surface area contributed by atoms with Gasteiger partial charge in [0, 0.05) is 5.69 Å². The van der Waals surface area contributed by atoms with E-state index in [0.717, 1.165) is 27.9 Å². The van der Waals surface area contributed by atoms with Gasteiger partial charge in [0.25, 0.3) is 0 Å². The van der Waals surface area contributed by atoms with Crippen molar-refractivity contribution in [1.82, 2.24) is 5.01 Å². The van der Waals surface area contributed by atoms with Crippen LogP contribution in [-0.2, 0) is 6.54 Å². The molecule has 4 N–H and O–H groups in total. The number of rotatable bonds is 7. The Balaban J connectivity index is 1.58. The van der Waals surface area contributed by atoms with Crippen LogP contribution in [0.5, 0.6) is 0 Å². The molecular weight excluding hydrogens is 380 g/mol. The summed E-state index contributed by atoms with van der Waals surface area (Å²) in [5.74, 6) is 0. The minimum absolute atomic E-state index is 0.380. The van der Waals surface area contributed by atoms with Crippen molar-refractivity contribution in [2.24, 2.45) is 10.8 Å². The SMILES string of the molecule is Nc1ccc(/C=N/N(Cc2ccccc2)C(N)c2ccc(-c3ccccc3)cc2)cc1. The van der Waals surface area contributed by atoms with E-state index < -0.39 is 0 Å². The first-order valence-electron chi connectivity index (χ1n) is 10.3. The zero-order valence-corrected chi connectivity index (χ0v) is 17.3. The molecule has 4 rings (SSSR count). The van der Waals surface area contributed by atoms with Crippen LogP contribution in [0.1, 0.15) is 22.9 Å². The molecule has 4 nitrogen and oxygen atoms in total. The molecule has 31 heavy (non-hydrogen) atoms. The summed E-state index contributed by atoms with van der Waals surface area (Å²) in [6, 6.07) is 36.5. The highest BCUT2D eigenvalue weighted by molar-refractivity contribution is 5.80. The van der Waals surface area contributed by atoms with E-state index in [1.165, 1.54) is 5.56 Å². The van der Waals surface area contributed by atoms with Gasteiger partial charge in [-0.1, -0.05) is 97.1 Å². The van der Waals surface area contributed by atoms with Gasteiger partial charge >= 0.3 is 0 Å². The van der Waals surface area contributed by atoms with Crippen LogP contribution in [0.4, 0.5) is 5.69 Å². The molecule has 1 unspecified atom stereocenters. The largest absolute Gasteiger partial charge is 0.399 e. The summed E-state index contributed by atoms with van der Waals surface area (Å²) >= 11 is 0. The Hall–Kier alpha value is -3.89. The third kappa shape index (κ3) is 5.38. The van der Waals surface area contributed by atoms with Gasteiger partial charge in [-0.05, 0) is 39.9 Å². The number of nitrogens with zero attached hydrogens (tertiary/aromatic N) is 2. The lowest BCUT2D eigenvalue weighted by molar-refractivity contribution is 0.203. The number of hydrogen-bond donors (Lipinski definition) is 2. The maximum atomic E-state index is 6.66. The maximum absolute atomic E-state index is 6.66. The van der Waals surface area contributed by atoms with E-state index >= 15 is 0 Å². The monoisotopic (exact) mass is 406 g/mol. The number of hydrogen-bond acceptors (Lipinski definition) is 4. The molecule has 4 heteroatoms. The predicted octanol–water partition coefficient (Wildman–Crippen LogP) is 5.43. The molecule has 0 heterocycles. The van der Waals surface area contributed by atoms with Crippen LogP contribution in [0.3, 0.4) is 0 Å². The summed E-state index contributed by atoms with van der Waals surface area (Å²) in [6.07, 6.45) is 1.44. The summed E-state index contributed by atoms with van der Waals surface area (Å²) in [5, 5.41) is 6.62. The van der Waals surface area contributed by atoms with Crippen LogP contribution in [0.15, 0.2) is 114 Å².